The number of nitrogens with zero attached hydrogens (tertiary/aromatic N) is 2. The van der Waals surface area contributed by atoms with Crippen LogP contribution >= 0.6 is 0 Å². The molecule has 0 saturated carbocycles. The van der Waals surface area contributed by atoms with Gasteiger partial charge < -0.3 is 20.0 Å². The van der Waals surface area contributed by atoms with Crippen LogP contribution in [-0.2, 0) is 4.79 Å². The van der Waals surface area contributed by atoms with Crippen LogP contribution in [0.5, 0.6) is 0 Å². The molecule has 2 rings (SSSR count). The standard InChI is InChI=1S/C14H24N2O4/c1-3-14(2)4-6-15(7-5-14)13(20)16-9-10(17)8-11(16)12(18)19/h10-11,17H,3-9H2,1-2H3,(H,18,19). The highest BCUT2D eigenvalue weighted by atomic mass is 16.4. The summed E-state index contributed by atoms with van der Waals surface area (Å²) in [6.07, 6.45) is 2.38. The van der Waals surface area contributed by atoms with Crippen LogP contribution in [0.4, 0.5) is 4.79 Å². The second-order valence-electron chi connectivity index (χ2n) is 6.33. The number of β-amino-alcohol motifs (C(OH)–C–C–N with tert-alkyl or cyclic N) is 1. The Morgan fingerprint density at radius 1 is 1.30 bits per heavy atom. The lowest BCUT2D eigenvalue weighted by atomic mass is 9.78. The van der Waals surface area contributed by atoms with E-state index in [1.807, 2.05) is 0 Å². The first-order valence-electron chi connectivity index (χ1n) is 7.33. The molecule has 0 aromatic heterocycles. The summed E-state index contributed by atoms with van der Waals surface area (Å²) in [5.74, 6) is -1.04. The number of hydrogen-bond acceptors (Lipinski definition) is 3. The fourth-order valence-electron chi connectivity index (χ4n) is 3.03. The molecule has 6 heteroatoms. The average molecular weight is 284 g/mol. The third-order valence-electron chi connectivity index (χ3n) is 4.90. The number of hydrogen-bond donors (Lipinski definition) is 2. The number of carbonyl (C=O) groups excluding carboxylic acids is 1. The summed E-state index contributed by atoms with van der Waals surface area (Å²) in [5.41, 5.74) is 0.285. The van der Waals surface area contributed by atoms with Crippen LogP contribution in [-0.4, -0.2) is 63.8 Å². The lowest BCUT2D eigenvalue weighted by Crippen LogP contribution is -2.51. The molecule has 0 spiro atoms. The van der Waals surface area contributed by atoms with Crippen LogP contribution in [0, 0.1) is 5.41 Å². The maximum Gasteiger partial charge on any atom is 0.326 e. The minimum atomic E-state index is -1.04. The van der Waals surface area contributed by atoms with Crippen LogP contribution in [0.2, 0.25) is 0 Å². The van der Waals surface area contributed by atoms with E-state index in [0.29, 0.717) is 13.1 Å². The van der Waals surface area contributed by atoms with Crippen LogP contribution in [0.3, 0.4) is 0 Å². The molecule has 2 unspecified atom stereocenters. The molecular weight excluding hydrogens is 260 g/mol. The Kier molecular flexibility index (Phi) is 4.22. The van der Waals surface area contributed by atoms with E-state index in [2.05, 4.69) is 13.8 Å². The van der Waals surface area contributed by atoms with E-state index in [0.717, 1.165) is 19.3 Å². The third kappa shape index (κ3) is 2.90. The Labute approximate surface area is 119 Å². The van der Waals surface area contributed by atoms with Gasteiger partial charge in [-0.3, -0.25) is 0 Å². The van der Waals surface area contributed by atoms with Crippen molar-refractivity contribution in [3.63, 3.8) is 0 Å². The quantitative estimate of drug-likeness (QED) is 0.796. The molecule has 0 radical (unpaired) electrons. The van der Waals surface area contributed by atoms with Gasteiger partial charge in [-0.2, -0.15) is 0 Å². The second kappa shape index (κ2) is 5.60. The summed E-state index contributed by atoms with van der Waals surface area (Å²) >= 11 is 0. The number of rotatable bonds is 2. The maximum absolute atomic E-state index is 12.4. The van der Waals surface area contributed by atoms with Gasteiger partial charge in [-0.15, -0.1) is 0 Å². The Bertz CT molecular complexity index is 391. The zero-order chi connectivity index (χ0) is 14.9. The minimum Gasteiger partial charge on any atom is -0.480 e. The molecule has 0 aromatic carbocycles. The number of aliphatic hydroxyl groups is 1. The summed E-state index contributed by atoms with van der Waals surface area (Å²) in [6.45, 7) is 5.85. The molecular formula is C14H24N2O4. The molecule has 2 heterocycles. The summed E-state index contributed by atoms with van der Waals surface area (Å²) in [7, 11) is 0. The molecule has 2 atom stereocenters. The first kappa shape index (κ1) is 15.1. The number of carbonyl (C=O) groups is 2. The van der Waals surface area contributed by atoms with Crippen LogP contribution in [0.1, 0.15) is 39.5 Å². The van der Waals surface area contributed by atoms with Gasteiger partial charge in [0.15, 0.2) is 0 Å². The normalized spacial score (nSPS) is 29.6. The Morgan fingerprint density at radius 3 is 2.40 bits per heavy atom. The number of urea groups is 1. The second-order valence-corrected chi connectivity index (χ2v) is 6.33. The van der Waals surface area contributed by atoms with Crippen LogP contribution in [0.25, 0.3) is 0 Å². The van der Waals surface area contributed by atoms with E-state index in [9.17, 15) is 14.7 Å². The molecule has 6 nitrogen and oxygen atoms in total. The number of carboxylic acid groups (broad SMARTS) is 1. The molecule has 2 aliphatic rings. The van der Waals surface area contributed by atoms with E-state index in [1.54, 1.807) is 4.90 Å². The van der Waals surface area contributed by atoms with Gasteiger partial charge in [-0.1, -0.05) is 20.3 Å². The molecule has 20 heavy (non-hydrogen) atoms. The largest absolute Gasteiger partial charge is 0.480 e. The van der Waals surface area contributed by atoms with Gasteiger partial charge in [-0.05, 0) is 18.3 Å². The van der Waals surface area contributed by atoms with Gasteiger partial charge in [0.05, 0.1) is 6.10 Å². The molecule has 0 aromatic rings. The lowest BCUT2D eigenvalue weighted by molar-refractivity contribution is -0.141. The molecule has 114 valence electrons. The van der Waals surface area contributed by atoms with Gasteiger partial charge in [-0.25, -0.2) is 9.59 Å². The first-order valence-corrected chi connectivity index (χ1v) is 7.33. The van der Waals surface area contributed by atoms with Crippen molar-refractivity contribution < 1.29 is 19.8 Å². The lowest BCUT2D eigenvalue weighted by Gasteiger charge is -2.40. The summed E-state index contributed by atoms with van der Waals surface area (Å²) in [5, 5.41) is 18.8. The minimum absolute atomic E-state index is 0.122. The zero-order valence-electron chi connectivity index (χ0n) is 12.2. The smallest absolute Gasteiger partial charge is 0.326 e. The zero-order valence-corrected chi connectivity index (χ0v) is 12.2. The Morgan fingerprint density at radius 2 is 1.90 bits per heavy atom. The highest BCUT2D eigenvalue weighted by Crippen LogP contribution is 2.34. The van der Waals surface area contributed by atoms with Gasteiger partial charge in [0.2, 0.25) is 0 Å². The molecule has 2 amide bonds. The average Bonchev–Trinajstić information content (AvgIpc) is 2.81. The fourth-order valence-corrected chi connectivity index (χ4v) is 3.03. The highest BCUT2D eigenvalue weighted by molar-refractivity contribution is 5.83. The number of piperidine rings is 1. The van der Waals surface area contributed by atoms with Crippen molar-refractivity contribution in [3.8, 4) is 0 Å². The van der Waals surface area contributed by atoms with Gasteiger partial charge >= 0.3 is 12.0 Å². The molecule has 2 saturated heterocycles. The monoisotopic (exact) mass is 284 g/mol. The van der Waals surface area contributed by atoms with Crippen molar-refractivity contribution >= 4 is 12.0 Å². The summed E-state index contributed by atoms with van der Waals surface area (Å²) in [6, 6.07) is -1.14. The van der Waals surface area contributed by atoms with E-state index in [-0.39, 0.29) is 24.4 Å². The molecule has 0 aliphatic carbocycles. The van der Waals surface area contributed by atoms with Crippen LogP contribution < -0.4 is 0 Å². The number of carboxylic acids is 1. The number of likely N-dealkylation sites (tertiary alicyclic amines) is 2. The predicted molar refractivity (Wildman–Crippen MR) is 73.4 cm³/mol. The van der Waals surface area contributed by atoms with Crippen molar-refractivity contribution in [1.29, 1.82) is 0 Å². The van der Waals surface area contributed by atoms with E-state index >= 15 is 0 Å². The number of aliphatic hydroxyl groups excluding tert-OH is 1. The Balaban J connectivity index is 2.00. The Hall–Kier alpha value is -1.30. The molecule has 2 fully saturated rings. The fraction of sp³-hybridized carbons (Fsp3) is 0.857. The topological polar surface area (TPSA) is 81.1 Å². The molecule has 2 N–H and O–H groups in total. The van der Waals surface area contributed by atoms with Crippen LogP contribution in [0.15, 0.2) is 0 Å². The summed E-state index contributed by atoms with van der Waals surface area (Å²) in [4.78, 5) is 26.6. The van der Waals surface area contributed by atoms with E-state index < -0.39 is 18.1 Å². The highest BCUT2D eigenvalue weighted by Gasteiger charge is 2.41. The van der Waals surface area contributed by atoms with Gasteiger partial charge in [0.25, 0.3) is 0 Å². The predicted octanol–water partition coefficient (Wildman–Crippen LogP) is 1.14. The van der Waals surface area contributed by atoms with E-state index in [4.69, 9.17) is 5.11 Å². The number of aliphatic carboxylic acids is 1. The van der Waals surface area contributed by atoms with Crippen molar-refractivity contribution in [1.82, 2.24) is 9.80 Å². The van der Waals surface area contributed by atoms with E-state index in [1.165, 1.54) is 4.90 Å². The SMILES string of the molecule is CCC1(C)CCN(C(=O)N2CC(O)CC2C(=O)O)CC1. The van der Waals surface area contributed by atoms with Crippen molar-refractivity contribution in [2.24, 2.45) is 5.41 Å². The van der Waals surface area contributed by atoms with Crippen molar-refractivity contribution in [2.75, 3.05) is 19.6 Å². The van der Waals surface area contributed by atoms with Crippen molar-refractivity contribution in [2.45, 2.75) is 51.7 Å². The number of amides is 2. The van der Waals surface area contributed by atoms with Gasteiger partial charge in [0.1, 0.15) is 6.04 Å². The first-order chi connectivity index (χ1) is 9.36. The van der Waals surface area contributed by atoms with Crippen molar-refractivity contribution in [3.05, 3.63) is 0 Å². The third-order valence-corrected chi connectivity index (χ3v) is 4.90. The van der Waals surface area contributed by atoms with Gasteiger partial charge in [0, 0.05) is 26.1 Å². The summed E-state index contributed by atoms with van der Waals surface area (Å²) < 4.78 is 0. The molecule has 0 bridgehead atoms. The molecule has 2 aliphatic heterocycles. The maximum atomic E-state index is 12.4.